The van der Waals surface area contributed by atoms with Gasteiger partial charge in [0.2, 0.25) is 0 Å². The van der Waals surface area contributed by atoms with Gasteiger partial charge >= 0.3 is 5.97 Å². The maximum Gasteiger partial charge on any atom is 0.331 e. The quantitative estimate of drug-likeness (QED) is 0.721. The Morgan fingerprint density at radius 3 is 2.74 bits per heavy atom. The van der Waals surface area contributed by atoms with Gasteiger partial charge in [-0.3, -0.25) is 14.5 Å². The Labute approximate surface area is 134 Å². The van der Waals surface area contributed by atoms with Gasteiger partial charge in [-0.05, 0) is 26.0 Å². The number of amidine groups is 1. The van der Waals surface area contributed by atoms with E-state index in [1.165, 1.54) is 13.0 Å². The van der Waals surface area contributed by atoms with Gasteiger partial charge in [-0.25, -0.2) is 13.2 Å². The third-order valence-corrected chi connectivity index (χ3v) is 4.44. The first-order chi connectivity index (χ1) is 10.8. The molecule has 23 heavy (non-hydrogen) atoms. The highest BCUT2D eigenvalue weighted by Crippen LogP contribution is 2.22. The molecule has 1 heterocycles. The Kier molecular flexibility index (Phi) is 4.99. The van der Waals surface area contributed by atoms with Crippen LogP contribution in [0.4, 0.5) is 0 Å². The van der Waals surface area contributed by atoms with Crippen LogP contribution in [-0.2, 0) is 24.3 Å². The molecule has 1 atom stereocenters. The van der Waals surface area contributed by atoms with Crippen LogP contribution in [0.2, 0.25) is 0 Å². The van der Waals surface area contributed by atoms with E-state index in [9.17, 15) is 18.0 Å². The van der Waals surface area contributed by atoms with Crippen molar-refractivity contribution in [3.63, 3.8) is 0 Å². The van der Waals surface area contributed by atoms with E-state index < -0.39 is 34.5 Å². The van der Waals surface area contributed by atoms with Gasteiger partial charge < -0.3 is 10.1 Å². The standard InChI is InChI=1S/C14H17N3O5S/c1-3-15-12(18)8-22-14(19)9(2)16-13-10-6-4-5-7-11(10)23(20,21)17-13/h4-7,9H,3,8H2,1-2H3,(H,15,18)(H,16,17)/t9-/m1/s1. The average molecular weight is 339 g/mol. The van der Waals surface area contributed by atoms with Gasteiger partial charge in [0.1, 0.15) is 11.9 Å². The molecule has 0 saturated carbocycles. The molecule has 1 aromatic carbocycles. The van der Waals surface area contributed by atoms with Crippen molar-refractivity contribution in [1.29, 1.82) is 0 Å². The van der Waals surface area contributed by atoms with Crippen LogP contribution in [0.3, 0.4) is 0 Å². The second kappa shape index (κ2) is 6.78. The Balaban J connectivity index is 2.10. The Morgan fingerprint density at radius 1 is 1.35 bits per heavy atom. The molecule has 0 fully saturated rings. The number of ether oxygens (including phenoxy) is 1. The van der Waals surface area contributed by atoms with E-state index in [1.807, 2.05) is 0 Å². The first-order valence-electron chi connectivity index (χ1n) is 6.98. The Hall–Kier alpha value is -2.42. The largest absolute Gasteiger partial charge is 0.454 e. The molecule has 1 aromatic rings. The zero-order valence-electron chi connectivity index (χ0n) is 12.7. The van der Waals surface area contributed by atoms with Crippen LogP contribution < -0.4 is 10.0 Å². The van der Waals surface area contributed by atoms with Gasteiger partial charge in [-0.2, -0.15) is 0 Å². The first-order valence-corrected chi connectivity index (χ1v) is 8.47. The average Bonchev–Trinajstić information content (AvgIpc) is 2.76. The van der Waals surface area contributed by atoms with E-state index in [-0.39, 0.29) is 10.7 Å². The second-order valence-electron chi connectivity index (χ2n) is 4.82. The number of benzene rings is 1. The molecule has 0 saturated heterocycles. The SMILES string of the molecule is CCNC(=O)COC(=O)[C@@H](C)N=C1NS(=O)(=O)c2ccccc21. The summed E-state index contributed by atoms with van der Waals surface area (Å²) in [5, 5.41) is 2.49. The summed E-state index contributed by atoms with van der Waals surface area (Å²) in [6.07, 6.45) is 0. The van der Waals surface area contributed by atoms with E-state index in [0.717, 1.165) is 0 Å². The van der Waals surface area contributed by atoms with Crippen LogP contribution in [0.5, 0.6) is 0 Å². The minimum Gasteiger partial charge on any atom is -0.454 e. The minimum atomic E-state index is -3.66. The van der Waals surface area contributed by atoms with Crippen LogP contribution in [0.1, 0.15) is 19.4 Å². The van der Waals surface area contributed by atoms with Crippen molar-refractivity contribution in [2.75, 3.05) is 13.2 Å². The van der Waals surface area contributed by atoms with Crippen molar-refractivity contribution < 1.29 is 22.7 Å². The van der Waals surface area contributed by atoms with Crippen LogP contribution in [0, 0.1) is 0 Å². The predicted molar refractivity (Wildman–Crippen MR) is 82.4 cm³/mol. The molecule has 124 valence electrons. The van der Waals surface area contributed by atoms with Crippen molar-refractivity contribution >= 4 is 27.7 Å². The normalized spacial score (nSPS) is 17.9. The van der Waals surface area contributed by atoms with Crippen molar-refractivity contribution in [3.05, 3.63) is 29.8 Å². The summed E-state index contributed by atoms with van der Waals surface area (Å²) in [6, 6.07) is 5.38. The number of hydrogen-bond acceptors (Lipinski definition) is 6. The maximum atomic E-state index is 11.9. The molecule has 8 nitrogen and oxygen atoms in total. The first kappa shape index (κ1) is 16.9. The summed E-state index contributed by atoms with van der Waals surface area (Å²) in [4.78, 5) is 27.2. The lowest BCUT2D eigenvalue weighted by atomic mass is 10.2. The summed E-state index contributed by atoms with van der Waals surface area (Å²) >= 11 is 0. The third-order valence-electron chi connectivity index (χ3n) is 3.05. The monoisotopic (exact) mass is 339 g/mol. The summed E-state index contributed by atoms with van der Waals surface area (Å²) in [5.41, 5.74) is 0.399. The topological polar surface area (TPSA) is 114 Å². The van der Waals surface area contributed by atoms with Crippen LogP contribution >= 0.6 is 0 Å². The smallest absolute Gasteiger partial charge is 0.331 e. The van der Waals surface area contributed by atoms with Gasteiger partial charge in [0.25, 0.3) is 15.9 Å². The molecule has 1 aliphatic rings. The zero-order chi connectivity index (χ0) is 17.0. The van der Waals surface area contributed by atoms with Gasteiger partial charge in [-0.1, -0.05) is 12.1 Å². The fraction of sp³-hybridized carbons (Fsp3) is 0.357. The molecule has 0 radical (unpaired) electrons. The molecule has 0 bridgehead atoms. The molecule has 0 aromatic heterocycles. The van der Waals surface area contributed by atoms with Crippen LogP contribution in [0.25, 0.3) is 0 Å². The van der Waals surface area contributed by atoms with E-state index in [4.69, 9.17) is 4.74 Å². The lowest BCUT2D eigenvalue weighted by Crippen LogP contribution is -2.31. The predicted octanol–water partition coefficient (Wildman–Crippen LogP) is -0.207. The van der Waals surface area contributed by atoms with Gasteiger partial charge in [0, 0.05) is 12.1 Å². The van der Waals surface area contributed by atoms with E-state index in [2.05, 4.69) is 15.0 Å². The lowest BCUT2D eigenvalue weighted by molar-refractivity contribution is -0.149. The third kappa shape index (κ3) is 3.86. The molecule has 0 unspecified atom stereocenters. The number of likely N-dealkylation sites (N-methyl/N-ethyl adjacent to an activating group) is 1. The number of carbonyl (C=O) groups is 2. The lowest BCUT2D eigenvalue weighted by Gasteiger charge is -2.09. The van der Waals surface area contributed by atoms with Crippen molar-refractivity contribution in [1.82, 2.24) is 10.0 Å². The Morgan fingerprint density at radius 2 is 2.04 bits per heavy atom. The number of hydrogen-bond donors (Lipinski definition) is 2. The molecule has 1 amide bonds. The van der Waals surface area contributed by atoms with Gasteiger partial charge in [0.15, 0.2) is 6.61 Å². The number of aliphatic imine (C=N–C) groups is 1. The molecular weight excluding hydrogens is 322 g/mol. The van der Waals surface area contributed by atoms with Crippen molar-refractivity contribution in [3.8, 4) is 0 Å². The van der Waals surface area contributed by atoms with Crippen LogP contribution in [-0.4, -0.2) is 45.3 Å². The Bertz CT molecular complexity index is 757. The minimum absolute atomic E-state index is 0.0862. The number of nitrogens with zero attached hydrogens (tertiary/aromatic N) is 1. The molecular formula is C14H17N3O5S. The molecule has 9 heteroatoms. The highest BCUT2D eigenvalue weighted by molar-refractivity contribution is 7.90. The highest BCUT2D eigenvalue weighted by atomic mass is 32.2. The van der Waals surface area contributed by atoms with Crippen molar-refractivity contribution in [2.24, 2.45) is 4.99 Å². The summed E-state index contributed by atoms with van der Waals surface area (Å²) in [5.74, 6) is -1.04. The second-order valence-corrected chi connectivity index (χ2v) is 6.47. The number of sulfonamides is 1. The number of carbonyl (C=O) groups excluding carboxylic acids is 2. The van der Waals surface area contributed by atoms with Gasteiger partial charge in [0.05, 0.1) is 4.90 Å². The fourth-order valence-corrected chi connectivity index (χ4v) is 3.22. The molecule has 2 N–H and O–H groups in total. The van der Waals surface area contributed by atoms with Gasteiger partial charge in [-0.15, -0.1) is 0 Å². The van der Waals surface area contributed by atoms with Crippen molar-refractivity contribution in [2.45, 2.75) is 24.8 Å². The summed E-state index contributed by atoms with van der Waals surface area (Å²) in [7, 11) is -3.66. The molecule has 0 aliphatic carbocycles. The van der Waals surface area contributed by atoms with E-state index in [0.29, 0.717) is 12.1 Å². The summed E-state index contributed by atoms with van der Waals surface area (Å²) < 4.78 is 31.0. The number of amides is 1. The maximum absolute atomic E-state index is 11.9. The molecule has 0 spiro atoms. The highest BCUT2D eigenvalue weighted by Gasteiger charge is 2.31. The van der Waals surface area contributed by atoms with E-state index >= 15 is 0 Å². The van der Waals surface area contributed by atoms with E-state index in [1.54, 1.807) is 25.1 Å². The molecule has 2 rings (SSSR count). The fourth-order valence-electron chi connectivity index (χ4n) is 1.98. The number of rotatable bonds is 5. The van der Waals surface area contributed by atoms with Crippen LogP contribution in [0.15, 0.2) is 34.2 Å². The number of fused-ring (bicyclic) bond motifs is 1. The summed E-state index contributed by atoms with van der Waals surface area (Å²) in [6.45, 7) is 3.25. The molecule has 1 aliphatic heterocycles. The number of esters is 1. The zero-order valence-corrected chi connectivity index (χ0v) is 13.5. The number of nitrogens with one attached hydrogen (secondary N) is 2.